The molecule has 0 unspecified atom stereocenters. The van der Waals surface area contributed by atoms with Crippen molar-refractivity contribution in [1.82, 2.24) is 9.78 Å². The number of halogens is 3. The van der Waals surface area contributed by atoms with Gasteiger partial charge in [0.15, 0.2) is 0 Å². The van der Waals surface area contributed by atoms with Gasteiger partial charge in [0.2, 0.25) is 5.88 Å². The third kappa shape index (κ3) is 5.68. The van der Waals surface area contributed by atoms with Crippen LogP contribution < -0.4 is 14.8 Å². The van der Waals surface area contributed by atoms with Crippen LogP contribution in [0, 0.1) is 0 Å². The maximum absolute atomic E-state index is 12.5. The molecule has 2 rings (SSSR count). The van der Waals surface area contributed by atoms with E-state index in [9.17, 15) is 18.0 Å². The second kappa shape index (κ2) is 8.59. The van der Waals surface area contributed by atoms with Gasteiger partial charge in [-0.2, -0.15) is 0 Å². The maximum Gasteiger partial charge on any atom is 0.573 e. The number of carbonyl (C=O) groups excluding carboxylic acids is 1. The van der Waals surface area contributed by atoms with E-state index < -0.39 is 12.3 Å². The highest BCUT2D eigenvalue weighted by atomic mass is 19.4. The first kappa shape index (κ1) is 19.6. The van der Waals surface area contributed by atoms with E-state index in [4.69, 9.17) is 4.74 Å². The van der Waals surface area contributed by atoms with Gasteiger partial charge in [-0.1, -0.05) is 13.8 Å². The molecule has 1 N–H and O–H groups in total. The third-order valence-corrected chi connectivity index (χ3v) is 3.21. The molecule has 0 spiro atoms. The maximum atomic E-state index is 12.5. The van der Waals surface area contributed by atoms with Gasteiger partial charge < -0.3 is 14.8 Å². The first-order chi connectivity index (χ1) is 12.3. The highest BCUT2D eigenvalue weighted by molar-refractivity contribution is 6.05. The Morgan fingerprint density at radius 2 is 1.88 bits per heavy atom. The predicted molar refractivity (Wildman–Crippen MR) is 89.4 cm³/mol. The first-order valence-corrected chi connectivity index (χ1v) is 8.19. The first-order valence-electron chi connectivity index (χ1n) is 8.19. The lowest BCUT2D eigenvalue weighted by molar-refractivity contribution is -0.274. The molecule has 1 aromatic heterocycles. The molecule has 0 aliphatic carbocycles. The molecular formula is C17H20F3N3O3. The number of nitrogens with zero attached hydrogens (tertiary/aromatic N) is 2. The normalized spacial score (nSPS) is 11.3. The molecule has 0 aliphatic heterocycles. The predicted octanol–water partition coefficient (Wildman–Crippen LogP) is 4.23. The van der Waals surface area contributed by atoms with Crippen LogP contribution in [0.3, 0.4) is 0 Å². The minimum atomic E-state index is -4.76. The van der Waals surface area contributed by atoms with Crippen molar-refractivity contribution in [2.24, 2.45) is 0 Å². The molecule has 0 fully saturated rings. The van der Waals surface area contributed by atoms with E-state index in [-0.39, 0.29) is 17.2 Å². The standard InChI is InChI=1S/C17H20F3N3O3/c1-3-9-23-11-14(16(22-23)25-10-4-2)15(24)21-12-5-7-13(8-6-12)26-17(18,19)20/h5-8,11H,3-4,9-10H2,1-2H3,(H,21,24). The van der Waals surface area contributed by atoms with Crippen molar-refractivity contribution in [3.63, 3.8) is 0 Å². The number of carbonyl (C=O) groups is 1. The average Bonchev–Trinajstić information content (AvgIpc) is 2.97. The molecule has 9 heteroatoms. The number of aryl methyl sites for hydroxylation is 1. The third-order valence-electron chi connectivity index (χ3n) is 3.21. The molecular weight excluding hydrogens is 351 g/mol. The van der Waals surface area contributed by atoms with Crippen molar-refractivity contribution in [2.45, 2.75) is 39.6 Å². The van der Waals surface area contributed by atoms with Gasteiger partial charge in [0.1, 0.15) is 11.3 Å². The summed E-state index contributed by atoms with van der Waals surface area (Å²) in [5, 5.41) is 6.85. The molecule has 0 atom stereocenters. The van der Waals surface area contributed by atoms with Gasteiger partial charge >= 0.3 is 6.36 Å². The molecule has 0 bridgehead atoms. The van der Waals surface area contributed by atoms with Crippen LogP contribution in [0.2, 0.25) is 0 Å². The number of benzene rings is 1. The largest absolute Gasteiger partial charge is 0.573 e. The number of hydrogen-bond donors (Lipinski definition) is 1. The number of amides is 1. The quantitative estimate of drug-likeness (QED) is 0.754. The van der Waals surface area contributed by atoms with Crippen LogP contribution in [0.1, 0.15) is 37.0 Å². The van der Waals surface area contributed by atoms with E-state index in [1.54, 1.807) is 10.9 Å². The molecule has 1 heterocycles. The Morgan fingerprint density at radius 1 is 1.19 bits per heavy atom. The van der Waals surface area contributed by atoms with Crippen molar-refractivity contribution >= 4 is 11.6 Å². The Labute approximate surface area is 148 Å². The summed E-state index contributed by atoms with van der Waals surface area (Å²) in [4.78, 5) is 12.5. The van der Waals surface area contributed by atoms with Gasteiger partial charge in [-0.05, 0) is 37.1 Å². The lowest BCUT2D eigenvalue weighted by Crippen LogP contribution is -2.17. The average molecular weight is 371 g/mol. The molecule has 1 aromatic carbocycles. The lowest BCUT2D eigenvalue weighted by atomic mass is 10.2. The number of aromatic nitrogens is 2. The summed E-state index contributed by atoms with van der Waals surface area (Å²) < 4.78 is 47.4. The monoisotopic (exact) mass is 371 g/mol. The fraction of sp³-hybridized carbons (Fsp3) is 0.412. The molecule has 0 saturated heterocycles. The number of rotatable bonds is 8. The van der Waals surface area contributed by atoms with E-state index in [1.165, 1.54) is 12.1 Å². The molecule has 2 aromatic rings. The molecule has 6 nitrogen and oxygen atoms in total. The fourth-order valence-electron chi connectivity index (χ4n) is 2.15. The van der Waals surface area contributed by atoms with Crippen LogP contribution in [0.15, 0.2) is 30.5 Å². The van der Waals surface area contributed by atoms with Crippen LogP contribution in [-0.4, -0.2) is 28.7 Å². The molecule has 0 saturated carbocycles. The van der Waals surface area contributed by atoms with E-state index >= 15 is 0 Å². The van der Waals surface area contributed by atoms with Crippen LogP contribution in [0.4, 0.5) is 18.9 Å². The van der Waals surface area contributed by atoms with Crippen molar-refractivity contribution in [3.05, 3.63) is 36.0 Å². The Morgan fingerprint density at radius 3 is 2.46 bits per heavy atom. The van der Waals surface area contributed by atoms with Gasteiger partial charge in [0.25, 0.3) is 5.91 Å². The highest BCUT2D eigenvalue weighted by Crippen LogP contribution is 2.25. The van der Waals surface area contributed by atoms with Crippen LogP contribution >= 0.6 is 0 Å². The van der Waals surface area contributed by atoms with E-state index in [2.05, 4.69) is 15.2 Å². The molecule has 0 aliphatic rings. The lowest BCUT2D eigenvalue weighted by Gasteiger charge is -2.10. The molecule has 0 radical (unpaired) electrons. The summed E-state index contributed by atoms with van der Waals surface area (Å²) in [6, 6.07) is 4.89. The van der Waals surface area contributed by atoms with E-state index in [1.807, 2.05) is 13.8 Å². The van der Waals surface area contributed by atoms with Crippen molar-refractivity contribution in [1.29, 1.82) is 0 Å². The summed E-state index contributed by atoms with van der Waals surface area (Å²) in [5.74, 6) is -0.587. The zero-order valence-electron chi connectivity index (χ0n) is 14.5. The van der Waals surface area contributed by atoms with Gasteiger partial charge in [0.05, 0.1) is 6.61 Å². The Balaban J connectivity index is 2.11. The number of hydrogen-bond acceptors (Lipinski definition) is 4. The van der Waals surface area contributed by atoms with Crippen molar-refractivity contribution < 1.29 is 27.4 Å². The Hall–Kier alpha value is -2.71. The summed E-state index contributed by atoms with van der Waals surface area (Å²) in [6.07, 6.45) is -1.56. The highest BCUT2D eigenvalue weighted by Gasteiger charge is 2.31. The van der Waals surface area contributed by atoms with Gasteiger partial charge in [-0.15, -0.1) is 18.3 Å². The van der Waals surface area contributed by atoms with E-state index in [0.717, 1.165) is 25.0 Å². The minimum absolute atomic E-state index is 0.231. The number of ether oxygens (including phenoxy) is 2. The number of anilines is 1. The topological polar surface area (TPSA) is 65.4 Å². The minimum Gasteiger partial charge on any atom is -0.476 e. The van der Waals surface area contributed by atoms with Gasteiger partial charge in [0, 0.05) is 18.4 Å². The second-order valence-electron chi connectivity index (χ2n) is 5.49. The van der Waals surface area contributed by atoms with Crippen LogP contribution in [0.5, 0.6) is 11.6 Å². The molecule has 142 valence electrons. The Kier molecular flexibility index (Phi) is 6.48. The SMILES string of the molecule is CCCOc1nn(CCC)cc1C(=O)Nc1ccc(OC(F)(F)F)cc1. The zero-order chi connectivity index (χ0) is 19.2. The molecule has 1 amide bonds. The van der Waals surface area contributed by atoms with Gasteiger partial charge in [-0.25, -0.2) is 0 Å². The summed E-state index contributed by atoms with van der Waals surface area (Å²) in [6.45, 7) is 4.98. The summed E-state index contributed by atoms with van der Waals surface area (Å²) in [5.41, 5.74) is 0.594. The summed E-state index contributed by atoms with van der Waals surface area (Å²) >= 11 is 0. The van der Waals surface area contributed by atoms with Crippen LogP contribution in [-0.2, 0) is 6.54 Å². The van der Waals surface area contributed by atoms with Gasteiger partial charge in [-0.3, -0.25) is 9.48 Å². The fourth-order valence-corrected chi connectivity index (χ4v) is 2.15. The number of nitrogens with one attached hydrogen (secondary N) is 1. The number of alkyl halides is 3. The molecule has 26 heavy (non-hydrogen) atoms. The summed E-state index contributed by atoms with van der Waals surface area (Å²) in [7, 11) is 0. The second-order valence-corrected chi connectivity index (χ2v) is 5.49. The zero-order valence-corrected chi connectivity index (χ0v) is 14.5. The smallest absolute Gasteiger partial charge is 0.476 e. The van der Waals surface area contributed by atoms with E-state index in [0.29, 0.717) is 18.8 Å². The van der Waals surface area contributed by atoms with Crippen molar-refractivity contribution in [2.75, 3.05) is 11.9 Å². The Bertz CT molecular complexity index is 727. The van der Waals surface area contributed by atoms with Crippen molar-refractivity contribution in [3.8, 4) is 11.6 Å². The van der Waals surface area contributed by atoms with Crippen LogP contribution in [0.25, 0.3) is 0 Å².